The van der Waals surface area contributed by atoms with Crippen LogP contribution in [0.2, 0.25) is 0 Å². The molecule has 23 heavy (non-hydrogen) atoms. The molecule has 2 fully saturated rings. The Labute approximate surface area is 129 Å². The highest BCUT2D eigenvalue weighted by Crippen LogP contribution is 2.67. The van der Waals surface area contributed by atoms with E-state index in [1.54, 1.807) is 6.07 Å². The number of H-pyrrole nitrogens is 1. The van der Waals surface area contributed by atoms with E-state index in [0.29, 0.717) is 5.56 Å². The van der Waals surface area contributed by atoms with Crippen LogP contribution < -0.4 is 11.3 Å². The molecular weight excluding hydrogens is 311 g/mol. The van der Waals surface area contributed by atoms with Crippen molar-refractivity contribution in [3.8, 4) is 0 Å². The minimum Gasteiger partial charge on any atom is -0.480 e. The van der Waals surface area contributed by atoms with Gasteiger partial charge in [0.05, 0.1) is 12.7 Å². The minimum absolute atomic E-state index is 0.0768. The van der Waals surface area contributed by atoms with Crippen molar-refractivity contribution >= 4 is 11.9 Å². The quantitative estimate of drug-likeness (QED) is 0.570. The van der Waals surface area contributed by atoms with Crippen LogP contribution in [0, 0.1) is 11.8 Å². The highest BCUT2D eigenvalue weighted by atomic mass is 19.1. The number of aliphatic carboxylic acids is 2. The van der Waals surface area contributed by atoms with Crippen molar-refractivity contribution in [3.05, 3.63) is 34.2 Å². The van der Waals surface area contributed by atoms with E-state index in [0.717, 1.165) is 0 Å². The molecule has 0 unspecified atom stereocenters. The molecule has 0 bridgehead atoms. The number of aromatic amines is 1. The van der Waals surface area contributed by atoms with Crippen molar-refractivity contribution in [3.63, 3.8) is 0 Å². The summed E-state index contributed by atoms with van der Waals surface area (Å²) in [5.74, 6) is -5.50. The molecule has 0 radical (unpaired) electrons. The van der Waals surface area contributed by atoms with Crippen LogP contribution in [0.4, 0.5) is 4.39 Å². The van der Waals surface area contributed by atoms with Crippen molar-refractivity contribution < 1.29 is 28.9 Å². The Morgan fingerprint density at radius 3 is 2.70 bits per heavy atom. The van der Waals surface area contributed by atoms with Crippen molar-refractivity contribution in [2.45, 2.75) is 30.3 Å². The van der Waals surface area contributed by atoms with Crippen molar-refractivity contribution in [1.82, 2.24) is 4.98 Å². The van der Waals surface area contributed by atoms with E-state index >= 15 is 0 Å². The Morgan fingerprint density at radius 2 is 2.13 bits per heavy atom. The normalized spacial score (nSPS) is 38.1. The molecule has 0 saturated heterocycles. The molecule has 1 aromatic rings. The predicted octanol–water partition coefficient (Wildman–Crippen LogP) is -0.515. The van der Waals surface area contributed by atoms with Crippen molar-refractivity contribution in [2.24, 2.45) is 17.6 Å². The summed E-state index contributed by atoms with van der Waals surface area (Å²) < 4.78 is 19.8. The number of rotatable bonds is 5. The lowest BCUT2D eigenvalue weighted by molar-refractivity contribution is -0.156. The first-order chi connectivity index (χ1) is 10.7. The number of hydrogen-bond acceptors (Lipinski definition) is 5. The molecule has 0 aliphatic heterocycles. The molecule has 2 saturated carbocycles. The van der Waals surface area contributed by atoms with Gasteiger partial charge in [-0.2, -0.15) is 0 Å². The van der Waals surface area contributed by atoms with Crippen molar-refractivity contribution in [2.75, 3.05) is 0 Å². The molecule has 124 valence electrons. The lowest BCUT2D eigenvalue weighted by Gasteiger charge is -2.31. The molecule has 0 spiro atoms. The van der Waals surface area contributed by atoms with E-state index in [9.17, 15) is 23.9 Å². The SMILES string of the molecule is N[C@]1(C(=O)O)[C@H]2[C@@H](C[C@H]1OCc1cc[nH]c(=O)c1)[C@]2(F)C(=O)O. The first-order valence-electron chi connectivity index (χ1n) is 6.96. The second-order valence-electron chi connectivity index (χ2n) is 5.99. The number of carbonyl (C=O) groups is 2. The third-order valence-corrected chi connectivity index (χ3v) is 4.79. The van der Waals surface area contributed by atoms with Crippen LogP contribution >= 0.6 is 0 Å². The van der Waals surface area contributed by atoms with Crippen LogP contribution in [-0.4, -0.2) is 44.4 Å². The largest absolute Gasteiger partial charge is 0.480 e. The van der Waals surface area contributed by atoms with Crippen LogP contribution in [0.3, 0.4) is 0 Å². The van der Waals surface area contributed by atoms with Gasteiger partial charge in [-0.15, -0.1) is 0 Å². The molecule has 1 heterocycles. The fraction of sp³-hybridized carbons (Fsp3) is 0.500. The summed E-state index contributed by atoms with van der Waals surface area (Å²) in [5, 5.41) is 18.3. The molecule has 2 aliphatic carbocycles. The average molecular weight is 326 g/mol. The molecule has 1 aromatic heterocycles. The van der Waals surface area contributed by atoms with Crippen molar-refractivity contribution in [1.29, 1.82) is 0 Å². The van der Waals surface area contributed by atoms with Gasteiger partial charge in [-0.1, -0.05) is 0 Å². The molecule has 5 atom stereocenters. The fourth-order valence-electron chi connectivity index (χ4n) is 3.58. The fourth-order valence-corrected chi connectivity index (χ4v) is 3.58. The maximum Gasteiger partial charge on any atom is 0.342 e. The average Bonchev–Trinajstić information content (AvgIpc) is 2.95. The Balaban J connectivity index is 1.78. The first-order valence-corrected chi connectivity index (χ1v) is 6.96. The Morgan fingerprint density at radius 1 is 1.43 bits per heavy atom. The molecular formula is C14H15FN2O6. The molecule has 9 heteroatoms. The van der Waals surface area contributed by atoms with Gasteiger partial charge < -0.3 is 25.7 Å². The Hall–Kier alpha value is -2.26. The third-order valence-electron chi connectivity index (χ3n) is 4.79. The topological polar surface area (TPSA) is 143 Å². The zero-order valence-corrected chi connectivity index (χ0v) is 11.9. The van der Waals surface area contributed by atoms with Crippen LogP contribution in [-0.2, 0) is 20.9 Å². The van der Waals surface area contributed by atoms with Gasteiger partial charge in [-0.25, -0.2) is 9.18 Å². The number of hydrogen-bond donors (Lipinski definition) is 4. The number of nitrogens with one attached hydrogen (secondary N) is 1. The van der Waals surface area contributed by atoms with E-state index in [-0.39, 0.29) is 18.6 Å². The number of alkyl halides is 1. The summed E-state index contributed by atoms with van der Waals surface area (Å²) >= 11 is 0. The van der Waals surface area contributed by atoms with E-state index in [4.69, 9.17) is 15.6 Å². The summed E-state index contributed by atoms with van der Waals surface area (Å²) in [6.45, 7) is -0.0768. The molecule has 2 aliphatic rings. The number of halogens is 1. The predicted molar refractivity (Wildman–Crippen MR) is 73.3 cm³/mol. The molecule has 5 N–H and O–H groups in total. The zero-order valence-electron chi connectivity index (χ0n) is 11.9. The number of fused-ring (bicyclic) bond motifs is 1. The number of ether oxygens (including phenoxy) is 1. The number of pyridine rings is 1. The van der Waals surface area contributed by atoms with E-state index < -0.39 is 41.1 Å². The van der Waals surface area contributed by atoms with Crippen LogP contribution in [0.15, 0.2) is 23.1 Å². The minimum atomic E-state index is -2.61. The number of carboxylic acid groups (broad SMARTS) is 2. The maximum absolute atomic E-state index is 14.3. The summed E-state index contributed by atoms with van der Waals surface area (Å²) in [5.41, 5.74) is 1.28. The van der Waals surface area contributed by atoms with Crippen LogP contribution in [0.1, 0.15) is 12.0 Å². The van der Waals surface area contributed by atoms with E-state index in [1.165, 1.54) is 12.3 Å². The number of nitrogens with two attached hydrogens (primary N) is 1. The lowest BCUT2D eigenvalue weighted by Crippen LogP contribution is -2.60. The zero-order chi connectivity index (χ0) is 17.0. The lowest BCUT2D eigenvalue weighted by atomic mass is 9.88. The molecule has 8 nitrogen and oxygen atoms in total. The highest BCUT2D eigenvalue weighted by molar-refractivity contribution is 5.90. The summed E-state index contributed by atoms with van der Waals surface area (Å²) in [4.78, 5) is 36.2. The second kappa shape index (κ2) is 4.87. The Bertz CT molecular complexity index is 736. The third kappa shape index (κ3) is 2.07. The van der Waals surface area contributed by atoms with Gasteiger partial charge in [0.1, 0.15) is 5.54 Å². The standard InChI is InChI=1S/C14H15FN2O6/c15-13(11(19)20)7-4-8(14(16,10(7)13)12(21)22)23-5-6-1-2-17-9(18)3-6/h1-3,7-8,10H,4-5,16H2,(H,17,18)(H,19,20)(H,21,22)/t7-,8-,10+,13-,14+/m1/s1. The Kier molecular flexibility index (Phi) is 3.31. The van der Waals surface area contributed by atoms with Gasteiger partial charge in [0, 0.05) is 24.1 Å². The smallest absolute Gasteiger partial charge is 0.342 e. The van der Waals surface area contributed by atoms with Gasteiger partial charge in [0.2, 0.25) is 11.2 Å². The van der Waals surface area contributed by atoms with Gasteiger partial charge in [0.15, 0.2) is 0 Å². The van der Waals surface area contributed by atoms with E-state index in [1.807, 2.05) is 0 Å². The summed E-state index contributed by atoms with van der Waals surface area (Å²) in [6.07, 6.45) is 0.286. The second-order valence-corrected chi connectivity index (χ2v) is 5.99. The number of carboxylic acids is 2. The van der Waals surface area contributed by atoms with Gasteiger partial charge in [0.25, 0.3) is 0 Å². The molecule has 3 rings (SSSR count). The first kappa shape index (κ1) is 15.6. The maximum atomic E-state index is 14.3. The molecule has 0 aromatic carbocycles. The summed E-state index contributed by atoms with van der Waals surface area (Å²) in [7, 11) is 0. The molecule has 0 amide bonds. The number of aromatic nitrogens is 1. The van der Waals surface area contributed by atoms with Crippen LogP contribution in [0.25, 0.3) is 0 Å². The monoisotopic (exact) mass is 326 g/mol. The van der Waals surface area contributed by atoms with E-state index in [2.05, 4.69) is 4.98 Å². The van der Waals surface area contributed by atoms with Gasteiger partial charge in [-0.3, -0.25) is 9.59 Å². The summed E-state index contributed by atoms with van der Waals surface area (Å²) in [6, 6.07) is 2.86. The van der Waals surface area contributed by atoms with Gasteiger partial charge >= 0.3 is 11.9 Å². The van der Waals surface area contributed by atoms with Gasteiger partial charge in [-0.05, 0) is 18.1 Å². The highest BCUT2D eigenvalue weighted by Gasteiger charge is 2.85. The van der Waals surface area contributed by atoms with Crippen LogP contribution in [0.5, 0.6) is 0 Å².